The Bertz CT molecular complexity index is 141. The van der Waals surface area contributed by atoms with Crippen LogP contribution in [0.4, 0.5) is 0 Å². The first kappa shape index (κ1) is 11.0. The molecule has 1 atom stereocenters. The minimum atomic E-state index is 0.397. The van der Waals surface area contributed by atoms with Gasteiger partial charge in [-0.25, -0.2) is 0 Å². The standard InChI is InChI=1S/C11H23NO/c1-3-10(2)8-11(9-12)4-6-13-7-5-11/h10H,3-9,12H2,1-2H3. The molecule has 0 aromatic heterocycles. The van der Waals surface area contributed by atoms with Gasteiger partial charge in [-0.2, -0.15) is 0 Å². The lowest BCUT2D eigenvalue weighted by molar-refractivity contribution is 0.00738. The fraction of sp³-hybridized carbons (Fsp3) is 1.00. The third-order valence-corrected chi connectivity index (χ3v) is 3.46. The molecule has 78 valence electrons. The van der Waals surface area contributed by atoms with Crippen LogP contribution >= 0.6 is 0 Å². The van der Waals surface area contributed by atoms with Crippen LogP contribution in [-0.2, 0) is 4.74 Å². The quantitative estimate of drug-likeness (QED) is 0.728. The average molecular weight is 185 g/mol. The highest BCUT2D eigenvalue weighted by Gasteiger charge is 2.32. The molecule has 13 heavy (non-hydrogen) atoms. The highest BCUT2D eigenvalue weighted by Crippen LogP contribution is 2.36. The number of hydrogen-bond acceptors (Lipinski definition) is 2. The summed E-state index contributed by atoms with van der Waals surface area (Å²) in [6.07, 6.45) is 4.87. The Kier molecular flexibility index (Phi) is 4.20. The molecule has 1 heterocycles. The van der Waals surface area contributed by atoms with Gasteiger partial charge in [-0.3, -0.25) is 0 Å². The van der Waals surface area contributed by atoms with Crippen LogP contribution in [0.3, 0.4) is 0 Å². The van der Waals surface area contributed by atoms with Crippen molar-refractivity contribution in [3.05, 3.63) is 0 Å². The molecule has 1 unspecified atom stereocenters. The van der Waals surface area contributed by atoms with Crippen LogP contribution in [0.5, 0.6) is 0 Å². The summed E-state index contributed by atoms with van der Waals surface area (Å²) >= 11 is 0. The molecule has 2 nitrogen and oxygen atoms in total. The van der Waals surface area contributed by atoms with Crippen molar-refractivity contribution < 1.29 is 4.74 Å². The van der Waals surface area contributed by atoms with Crippen molar-refractivity contribution in [2.75, 3.05) is 19.8 Å². The minimum Gasteiger partial charge on any atom is -0.381 e. The Balaban J connectivity index is 2.47. The molecule has 2 N–H and O–H groups in total. The largest absolute Gasteiger partial charge is 0.381 e. The smallest absolute Gasteiger partial charge is 0.0471 e. The summed E-state index contributed by atoms with van der Waals surface area (Å²) in [5.41, 5.74) is 6.28. The van der Waals surface area contributed by atoms with Gasteiger partial charge in [-0.15, -0.1) is 0 Å². The van der Waals surface area contributed by atoms with Gasteiger partial charge in [0.15, 0.2) is 0 Å². The lowest BCUT2D eigenvalue weighted by Gasteiger charge is -2.38. The molecular formula is C11H23NO. The van der Waals surface area contributed by atoms with Crippen LogP contribution < -0.4 is 5.73 Å². The molecule has 0 aliphatic carbocycles. The lowest BCUT2D eigenvalue weighted by atomic mass is 9.73. The highest BCUT2D eigenvalue weighted by atomic mass is 16.5. The molecule has 2 heteroatoms. The van der Waals surface area contributed by atoms with E-state index in [1.165, 1.54) is 12.8 Å². The minimum absolute atomic E-state index is 0.397. The van der Waals surface area contributed by atoms with Crippen LogP contribution in [0.1, 0.15) is 39.5 Å². The molecule has 0 radical (unpaired) electrons. The maximum atomic E-state index is 5.89. The molecule has 1 aliphatic heterocycles. The van der Waals surface area contributed by atoms with Crippen LogP contribution in [0, 0.1) is 11.3 Å². The number of rotatable bonds is 4. The van der Waals surface area contributed by atoms with E-state index in [0.29, 0.717) is 5.41 Å². The Morgan fingerprint density at radius 3 is 2.46 bits per heavy atom. The van der Waals surface area contributed by atoms with Crippen LogP contribution in [0.2, 0.25) is 0 Å². The summed E-state index contributed by atoms with van der Waals surface area (Å²) in [5, 5.41) is 0. The Morgan fingerprint density at radius 2 is 2.00 bits per heavy atom. The summed E-state index contributed by atoms with van der Waals surface area (Å²) in [5.74, 6) is 0.807. The van der Waals surface area contributed by atoms with E-state index < -0.39 is 0 Å². The molecule has 1 fully saturated rings. The van der Waals surface area contributed by atoms with Gasteiger partial charge in [-0.05, 0) is 37.1 Å². The Labute approximate surface area is 81.8 Å². The van der Waals surface area contributed by atoms with Crippen LogP contribution in [0.25, 0.3) is 0 Å². The zero-order valence-corrected chi connectivity index (χ0v) is 9.01. The van der Waals surface area contributed by atoms with E-state index in [0.717, 1.165) is 38.5 Å². The van der Waals surface area contributed by atoms with E-state index in [4.69, 9.17) is 10.5 Å². The lowest BCUT2D eigenvalue weighted by Crippen LogP contribution is -2.37. The van der Waals surface area contributed by atoms with E-state index in [1.807, 2.05) is 0 Å². The SMILES string of the molecule is CCC(C)CC1(CN)CCOCC1. The third-order valence-electron chi connectivity index (χ3n) is 3.46. The van der Waals surface area contributed by atoms with Gasteiger partial charge in [0.25, 0.3) is 0 Å². The van der Waals surface area contributed by atoms with Crippen molar-refractivity contribution >= 4 is 0 Å². The molecule has 0 bridgehead atoms. The van der Waals surface area contributed by atoms with Crippen molar-refractivity contribution in [2.24, 2.45) is 17.1 Å². The van der Waals surface area contributed by atoms with Crippen molar-refractivity contribution in [2.45, 2.75) is 39.5 Å². The molecule has 0 saturated carbocycles. The molecule has 1 aliphatic rings. The number of hydrogen-bond donors (Lipinski definition) is 1. The Hall–Kier alpha value is -0.0800. The highest BCUT2D eigenvalue weighted by molar-refractivity contribution is 4.84. The first-order chi connectivity index (χ1) is 6.22. The van der Waals surface area contributed by atoms with Gasteiger partial charge >= 0.3 is 0 Å². The van der Waals surface area contributed by atoms with E-state index in [1.54, 1.807) is 0 Å². The molecule has 0 aromatic rings. The van der Waals surface area contributed by atoms with E-state index >= 15 is 0 Å². The van der Waals surface area contributed by atoms with Crippen LogP contribution in [0.15, 0.2) is 0 Å². The van der Waals surface area contributed by atoms with Crippen molar-refractivity contribution in [3.8, 4) is 0 Å². The maximum absolute atomic E-state index is 5.89. The predicted molar refractivity (Wildman–Crippen MR) is 55.6 cm³/mol. The van der Waals surface area contributed by atoms with Crippen molar-refractivity contribution in [3.63, 3.8) is 0 Å². The van der Waals surface area contributed by atoms with Gasteiger partial charge in [0.2, 0.25) is 0 Å². The van der Waals surface area contributed by atoms with Gasteiger partial charge in [0, 0.05) is 13.2 Å². The maximum Gasteiger partial charge on any atom is 0.0471 e. The topological polar surface area (TPSA) is 35.2 Å². The summed E-state index contributed by atoms with van der Waals surface area (Å²) < 4.78 is 5.39. The van der Waals surface area contributed by atoms with Crippen molar-refractivity contribution in [1.29, 1.82) is 0 Å². The zero-order chi connectivity index (χ0) is 9.73. The number of ether oxygens (including phenoxy) is 1. The molecular weight excluding hydrogens is 162 g/mol. The summed E-state index contributed by atoms with van der Waals surface area (Å²) in [7, 11) is 0. The van der Waals surface area contributed by atoms with E-state index in [2.05, 4.69) is 13.8 Å². The predicted octanol–water partition coefficient (Wildman–Crippen LogP) is 2.18. The number of nitrogens with two attached hydrogens (primary N) is 1. The second kappa shape index (κ2) is 4.97. The first-order valence-electron chi connectivity index (χ1n) is 5.50. The molecule has 0 amide bonds. The van der Waals surface area contributed by atoms with E-state index in [9.17, 15) is 0 Å². The van der Waals surface area contributed by atoms with Crippen molar-refractivity contribution in [1.82, 2.24) is 0 Å². The van der Waals surface area contributed by atoms with Gasteiger partial charge in [0.05, 0.1) is 0 Å². The average Bonchev–Trinajstić information content (AvgIpc) is 2.19. The van der Waals surface area contributed by atoms with Crippen LogP contribution in [-0.4, -0.2) is 19.8 Å². The Morgan fingerprint density at radius 1 is 1.38 bits per heavy atom. The third kappa shape index (κ3) is 2.96. The summed E-state index contributed by atoms with van der Waals surface area (Å²) in [4.78, 5) is 0. The second-order valence-corrected chi connectivity index (χ2v) is 4.53. The first-order valence-corrected chi connectivity index (χ1v) is 5.50. The van der Waals surface area contributed by atoms with E-state index in [-0.39, 0.29) is 0 Å². The summed E-state index contributed by atoms with van der Waals surface area (Å²) in [6.45, 7) is 7.24. The normalized spacial score (nSPS) is 24.2. The fourth-order valence-electron chi connectivity index (χ4n) is 2.18. The van der Waals surface area contributed by atoms with Gasteiger partial charge < -0.3 is 10.5 Å². The monoisotopic (exact) mass is 185 g/mol. The van der Waals surface area contributed by atoms with Gasteiger partial charge in [-0.1, -0.05) is 20.3 Å². The second-order valence-electron chi connectivity index (χ2n) is 4.53. The molecule has 0 spiro atoms. The molecule has 0 aromatic carbocycles. The zero-order valence-electron chi connectivity index (χ0n) is 9.01. The van der Waals surface area contributed by atoms with Gasteiger partial charge in [0.1, 0.15) is 0 Å². The summed E-state index contributed by atoms with van der Waals surface area (Å²) in [6, 6.07) is 0. The molecule has 1 saturated heterocycles. The molecule has 1 rings (SSSR count). The fourth-order valence-corrected chi connectivity index (χ4v) is 2.18.